The third kappa shape index (κ3) is 3.93. The van der Waals surface area contributed by atoms with Gasteiger partial charge >= 0.3 is 0 Å². The van der Waals surface area contributed by atoms with Crippen LogP contribution in [0.25, 0.3) is 0 Å². The van der Waals surface area contributed by atoms with Gasteiger partial charge in [0.1, 0.15) is 11.6 Å². The van der Waals surface area contributed by atoms with Gasteiger partial charge in [0.2, 0.25) is 0 Å². The van der Waals surface area contributed by atoms with Crippen LogP contribution in [0.15, 0.2) is 18.2 Å². The van der Waals surface area contributed by atoms with Gasteiger partial charge in [-0.05, 0) is 24.8 Å². The van der Waals surface area contributed by atoms with Crippen molar-refractivity contribution in [3.05, 3.63) is 29.6 Å². The molecule has 2 unspecified atom stereocenters. The molecule has 0 radical (unpaired) electrons. The third-order valence-corrected chi connectivity index (χ3v) is 4.20. The SMILES string of the molecule is CCC1CCCC(NCc2ccc(OC)cc2F)C1. The van der Waals surface area contributed by atoms with Crippen LogP contribution < -0.4 is 10.1 Å². The van der Waals surface area contributed by atoms with Crippen LogP contribution in [-0.2, 0) is 6.54 Å². The smallest absolute Gasteiger partial charge is 0.131 e. The van der Waals surface area contributed by atoms with Gasteiger partial charge in [-0.1, -0.05) is 32.3 Å². The Labute approximate surface area is 115 Å². The molecule has 1 aromatic carbocycles. The summed E-state index contributed by atoms with van der Waals surface area (Å²) in [7, 11) is 1.56. The number of halogens is 1. The highest BCUT2D eigenvalue weighted by Gasteiger charge is 2.20. The summed E-state index contributed by atoms with van der Waals surface area (Å²) in [5.41, 5.74) is 0.722. The average Bonchev–Trinajstić information content (AvgIpc) is 2.46. The Morgan fingerprint density at radius 3 is 2.89 bits per heavy atom. The second-order valence-corrected chi connectivity index (χ2v) is 5.48. The summed E-state index contributed by atoms with van der Waals surface area (Å²) in [6, 6.07) is 5.62. The van der Waals surface area contributed by atoms with Crippen LogP contribution in [0.1, 0.15) is 44.6 Å². The van der Waals surface area contributed by atoms with E-state index in [1.807, 2.05) is 6.07 Å². The molecule has 0 spiro atoms. The number of ether oxygens (including phenoxy) is 1. The fourth-order valence-corrected chi connectivity index (χ4v) is 2.90. The van der Waals surface area contributed by atoms with Crippen LogP contribution in [0.2, 0.25) is 0 Å². The lowest BCUT2D eigenvalue weighted by Gasteiger charge is -2.29. The first-order valence-electron chi connectivity index (χ1n) is 7.28. The van der Waals surface area contributed by atoms with Crippen LogP contribution in [0.4, 0.5) is 4.39 Å². The maximum atomic E-state index is 13.8. The fraction of sp³-hybridized carbons (Fsp3) is 0.625. The Balaban J connectivity index is 1.88. The number of rotatable bonds is 5. The zero-order valence-electron chi connectivity index (χ0n) is 11.9. The van der Waals surface area contributed by atoms with Crippen LogP contribution in [0.5, 0.6) is 5.75 Å². The minimum absolute atomic E-state index is 0.185. The van der Waals surface area contributed by atoms with E-state index in [2.05, 4.69) is 12.2 Å². The van der Waals surface area contributed by atoms with E-state index in [1.54, 1.807) is 13.2 Å². The molecule has 3 heteroatoms. The van der Waals surface area contributed by atoms with Crippen molar-refractivity contribution in [2.45, 2.75) is 51.6 Å². The van der Waals surface area contributed by atoms with Gasteiger partial charge in [-0.15, -0.1) is 0 Å². The summed E-state index contributed by atoms with van der Waals surface area (Å²) in [4.78, 5) is 0. The number of nitrogens with one attached hydrogen (secondary N) is 1. The first-order valence-corrected chi connectivity index (χ1v) is 7.28. The molecule has 2 nitrogen and oxygen atoms in total. The molecule has 106 valence electrons. The highest BCUT2D eigenvalue weighted by atomic mass is 19.1. The zero-order valence-corrected chi connectivity index (χ0v) is 11.9. The Morgan fingerprint density at radius 1 is 1.37 bits per heavy atom. The normalized spacial score (nSPS) is 23.3. The van der Waals surface area contributed by atoms with E-state index < -0.39 is 0 Å². The fourth-order valence-electron chi connectivity index (χ4n) is 2.90. The first-order chi connectivity index (χ1) is 9.22. The molecule has 1 aliphatic carbocycles. The predicted octanol–water partition coefficient (Wildman–Crippen LogP) is 3.89. The number of methoxy groups -OCH3 is 1. The van der Waals surface area contributed by atoms with Crippen molar-refractivity contribution in [2.24, 2.45) is 5.92 Å². The molecule has 1 aliphatic rings. The minimum Gasteiger partial charge on any atom is -0.497 e. The van der Waals surface area contributed by atoms with Crippen LogP contribution in [-0.4, -0.2) is 13.2 Å². The van der Waals surface area contributed by atoms with Gasteiger partial charge in [-0.25, -0.2) is 4.39 Å². The van der Waals surface area contributed by atoms with E-state index >= 15 is 0 Å². The largest absolute Gasteiger partial charge is 0.497 e. The van der Waals surface area contributed by atoms with Crippen molar-refractivity contribution >= 4 is 0 Å². The maximum Gasteiger partial charge on any atom is 0.131 e. The topological polar surface area (TPSA) is 21.3 Å². The van der Waals surface area contributed by atoms with E-state index in [1.165, 1.54) is 38.2 Å². The summed E-state index contributed by atoms with van der Waals surface area (Å²) in [6.07, 6.45) is 6.35. The summed E-state index contributed by atoms with van der Waals surface area (Å²) in [5, 5.41) is 3.50. The van der Waals surface area contributed by atoms with Crippen LogP contribution in [0, 0.1) is 11.7 Å². The molecule has 0 aromatic heterocycles. The third-order valence-electron chi connectivity index (χ3n) is 4.20. The molecule has 0 heterocycles. The minimum atomic E-state index is -0.185. The number of hydrogen-bond donors (Lipinski definition) is 1. The second kappa shape index (κ2) is 6.90. The highest BCUT2D eigenvalue weighted by Crippen LogP contribution is 2.27. The first kappa shape index (κ1) is 14.3. The molecule has 1 aromatic rings. The van der Waals surface area contributed by atoms with E-state index in [0.29, 0.717) is 18.3 Å². The van der Waals surface area contributed by atoms with Crippen molar-refractivity contribution in [3.63, 3.8) is 0 Å². The summed E-state index contributed by atoms with van der Waals surface area (Å²) in [6.45, 7) is 2.87. The van der Waals surface area contributed by atoms with Crippen molar-refractivity contribution in [1.29, 1.82) is 0 Å². The van der Waals surface area contributed by atoms with Crippen LogP contribution >= 0.6 is 0 Å². The Hall–Kier alpha value is -1.09. The lowest BCUT2D eigenvalue weighted by atomic mass is 9.84. The van der Waals surface area contributed by atoms with E-state index in [0.717, 1.165) is 11.5 Å². The molecule has 0 saturated heterocycles. The molecule has 1 N–H and O–H groups in total. The summed E-state index contributed by atoms with van der Waals surface area (Å²) in [5.74, 6) is 1.23. The molecular weight excluding hydrogens is 241 g/mol. The second-order valence-electron chi connectivity index (χ2n) is 5.48. The highest BCUT2D eigenvalue weighted by molar-refractivity contribution is 5.28. The van der Waals surface area contributed by atoms with Gasteiger partial charge in [-0.2, -0.15) is 0 Å². The molecule has 0 bridgehead atoms. The number of benzene rings is 1. The van der Waals surface area contributed by atoms with E-state index in [4.69, 9.17) is 4.74 Å². The molecule has 0 amide bonds. The average molecular weight is 265 g/mol. The van der Waals surface area contributed by atoms with Crippen molar-refractivity contribution in [2.75, 3.05) is 7.11 Å². The summed E-state index contributed by atoms with van der Waals surface area (Å²) >= 11 is 0. The van der Waals surface area contributed by atoms with Gasteiger partial charge < -0.3 is 10.1 Å². The molecule has 2 rings (SSSR count). The van der Waals surface area contributed by atoms with Gasteiger partial charge in [0, 0.05) is 24.2 Å². The van der Waals surface area contributed by atoms with Crippen molar-refractivity contribution in [3.8, 4) is 5.75 Å². The van der Waals surface area contributed by atoms with Gasteiger partial charge in [-0.3, -0.25) is 0 Å². The quantitative estimate of drug-likeness (QED) is 0.872. The molecular formula is C16H24FNO. The lowest BCUT2D eigenvalue weighted by molar-refractivity contribution is 0.277. The Bertz CT molecular complexity index is 408. The standard InChI is InChI=1S/C16H24FNO/c1-3-12-5-4-6-14(9-12)18-11-13-7-8-15(19-2)10-16(13)17/h7-8,10,12,14,18H,3-6,9,11H2,1-2H3. The molecule has 2 atom stereocenters. The molecule has 1 saturated carbocycles. The maximum absolute atomic E-state index is 13.8. The van der Waals surface area contributed by atoms with Crippen LogP contribution in [0.3, 0.4) is 0 Å². The van der Waals surface area contributed by atoms with Crippen molar-refractivity contribution in [1.82, 2.24) is 5.32 Å². The zero-order chi connectivity index (χ0) is 13.7. The summed E-state index contributed by atoms with van der Waals surface area (Å²) < 4.78 is 18.8. The van der Waals surface area contributed by atoms with Gasteiger partial charge in [0.25, 0.3) is 0 Å². The Morgan fingerprint density at radius 2 is 2.21 bits per heavy atom. The monoisotopic (exact) mass is 265 g/mol. The molecule has 19 heavy (non-hydrogen) atoms. The van der Waals surface area contributed by atoms with E-state index in [-0.39, 0.29) is 5.82 Å². The molecule has 1 fully saturated rings. The Kier molecular flexibility index (Phi) is 5.20. The van der Waals surface area contributed by atoms with E-state index in [9.17, 15) is 4.39 Å². The molecule has 0 aliphatic heterocycles. The number of hydrogen-bond acceptors (Lipinski definition) is 2. The van der Waals surface area contributed by atoms with Gasteiger partial charge in [0.15, 0.2) is 0 Å². The van der Waals surface area contributed by atoms with Gasteiger partial charge in [0.05, 0.1) is 7.11 Å². The van der Waals surface area contributed by atoms with Crippen molar-refractivity contribution < 1.29 is 9.13 Å². The predicted molar refractivity (Wildman–Crippen MR) is 75.8 cm³/mol. The lowest BCUT2D eigenvalue weighted by Crippen LogP contribution is -2.33.